The van der Waals surface area contributed by atoms with E-state index in [2.05, 4.69) is 9.08 Å². The van der Waals surface area contributed by atoms with E-state index in [9.17, 15) is 26.9 Å². The lowest BCUT2D eigenvalue weighted by Crippen LogP contribution is -2.35. The molecule has 0 atom stereocenters. The number of rotatable bonds is 6. The second kappa shape index (κ2) is 8.24. The molecule has 0 saturated carbocycles. The van der Waals surface area contributed by atoms with Crippen molar-refractivity contribution < 1.29 is 30.5 Å². The van der Waals surface area contributed by atoms with E-state index in [1.54, 1.807) is 19.2 Å². The maximum absolute atomic E-state index is 12.5. The first kappa shape index (κ1) is 20.5. The second-order valence-corrected chi connectivity index (χ2v) is 7.46. The minimum absolute atomic E-state index is 0.0550. The molecule has 144 valence electrons. The Morgan fingerprint density at radius 3 is 2.50 bits per heavy atom. The second-order valence-electron chi connectivity index (χ2n) is 5.92. The molecule has 0 bridgehead atoms. The van der Waals surface area contributed by atoms with Gasteiger partial charge in [0.15, 0.2) is 5.75 Å². The summed E-state index contributed by atoms with van der Waals surface area (Å²) in [5, 5.41) is 9.36. The Bertz CT molecular complexity index is 767. The molecule has 1 fully saturated rings. The first-order valence-corrected chi connectivity index (χ1v) is 9.35. The summed E-state index contributed by atoms with van der Waals surface area (Å²) in [6, 6.07) is 5.87. The average Bonchev–Trinajstić information content (AvgIpc) is 2.59. The highest BCUT2D eigenvalue weighted by Crippen LogP contribution is 2.36. The number of hydrogen-bond acceptors (Lipinski definition) is 6. The fourth-order valence-corrected chi connectivity index (χ4v) is 3.40. The highest BCUT2D eigenvalue weighted by molar-refractivity contribution is 7.88. The van der Waals surface area contributed by atoms with Gasteiger partial charge in [-0.15, -0.1) is 0 Å². The van der Waals surface area contributed by atoms with Gasteiger partial charge in [-0.05, 0) is 43.5 Å². The lowest BCUT2D eigenvalue weighted by Gasteiger charge is -2.32. The largest absolute Gasteiger partial charge is 0.534 e. The molecule has 1 aliphatic heterocycles. The molecule has 10 heteroatoms. The maximum atomic E-state index is 12.5. The van der Waals surface area contributed by atoms with Crippen molar-refractivity contribution in [2.75, 3.05) is 33.4 Å². The molecule has 26 heavy (non-hydrogen) atoms. The van der Waals surface area contributed by atoms with Crippen LogP contribution in [-0.2, 0) is 14.9 Å². The number of likely N-dealkylation sites (tertiary alicyclic amines) is 1. The number of hydrogen-bond donors (Lipinski definition) is 0. The predicted molar refractivity (Wildman–Crippen MR) is 87.1 cm³/mol. The van der Waals surface area contributed by atoms with Crippen molar-refractivity contribution >= 4 is 10.1 Å². The van der Waals surface area contributed by atoms with E-state index in [0.717, 1.165) is 25.7 Å². The predicted octanol–water partition coefficient (Wildman–Crippen LogP) is 2.61. The zero-order chi connectivity index (χ0) is 19.4. The number of nitriles is 1. The Morgan fingerprint density at radius 2 is 1.96 bits per heavy atom. The standard InChI is InChI=1S/C16H19F3N2O4S/c1-24-10-9-21-7-5-12(6-8-21)13-3-2-4-15(14(13)11-20)25-26(22,23)16(17,18)19/h2-4,12H,5-10H2,1H3. The molecule has 1 saturated heterocycles. The van der Waals surface area contributed by atoms with Crippen LogP contribution in [0.25, 0.3) is 0 Å². The third-order valence-corrected chi connectivity index (χ3v) is 5.26. The van der Waals surface area contributed by atoms with E-state index in [4.69, 9.17) is 4.74 Å². The van der Waals surface area contributed by atoms with Gasteiger partial charge in [0.25, 0.3) is 0 Å². The summed E-state index contributed by atoms with van der Waals surface area (Å²) in [4.78, 5) is 2.19. The summed E-state index contributed by atoms with van der Waals surface area (Å²) in [5.41, 5.74) is -5.22. The van der Waals surface area contributed by atoms with Crippen LogP contribution in [0.1, 0.15) is 29.9 Å². The van der Waals surface area contributed by atoms with E-state index < -0.39 is 21.4 Å². The molecule has 0 unspecified atom stereocenters. The zero-order valence-corrected chi connectivity index (χ0v) is 14.9. The van der Waals surface area contributed by atoms with Crippen LogP contribution >= 0.6 is 0 Å². The monoisotopic (exact) mass is 392 g/mol. The molecule has 1 aromatic rings. The van der Waals surface area contributed by atoms with Gasteiger partial charge in [-0.2, -0.15) is 26.9 Å². The van der Waals surface area contributed by atoms with Crippen molar-refractivity contribution in [1.82, 2.24) is 4.90 Å². The smallest absolute Gasteiger partial charge is 0.383 e. The summed E-state index contributed by atoms with van der Waals surface area (Å²) >= 11 is 0. The Labute approximate surface area is 150 Å². The number of halogens is 3. The molecule has 1 aliphatic rings. The Balaban J connectivity index is 2.21. The summed E-state index contributed by atoms with van der Waals surface area (Å²) in [7, 11) is -4.21. The number of piperidine rings is 1. The van der Waals surface area contributed by atoms with Gasteiger partial charge in [-0.1, -0.05) is 12.1 Å². The Kier molecular flexibility index (Phi) is 6.49. The Morgan fingerprint density at radius 1 is 1.31 bits per heavy atom. The van der Waals surface area contributed by atoms with Gasteiger partial charge in [-0.25, -0.2) is 0 Å². The zero-order valence-electron chi connectivity index (χ0n) is 14.1. The quantitative estimate of drug-likeness (QED) is 0.547. The Hall–Kier alpha value is -1.83. The van der Waals surface area contributed by atoms with Gasteiger partial charge < -0.3 is 13.8 Å². The van der Waals surface area contributed by atoms with Crippen molar-refractivity contribution in [3.8, 4) is 11.8 Å². The van der Waals surface area contributed by atoms with E-state index in [1.165, 1.54) is 6.07 Å². The van der Waals surface area contributed by atoms with Gasteiger partial charge in [0.05, 0.1) is 12.2 Å². The van der Waals surface area contributed by atoms with Crippen LogP contribution in [0.5, 0.6) is 5.75 Å². The highest BCUT2D eigenvalue weighted by atomic mass is 32.2. The topological polar surface area (TPSA) is 79.6 Å². The minimum Gasteiger partial charge on any atom is -0.383 e. The normalized spacial score (nSPS) is 17.0. The minimum atomic E-state index is -5.82. The van der Waals surface area contributed by atoms with E-state index >= 15 is 0 Å². The number of methoxy groups -OCH3 is 1. The van der Waals surface area contributed by atoms with Gasteiger partial charge >= 0.3 is 15.6 Å². The molecule has 0 N–H and O–H groups in total. The van der Waals surface area contributed by atoms with Crippen molar-refractivity contribution in [3.05, 3.63) is 29.3 Å². The maximum Gasteiger partial charge on any atom is 0.534 e. The first-order chi connectivity index (χ1) is 12.2. The summed E-state index contributed by atoms with van der Waals surface area (Å²) in [5.74, 6) is -0.648. The number of nitrogens with zero attached hydrogens (tertiary/aromatic N) is 2. The van der Waals surface area contributed by atoms with E-state index in [1.807, 2.05) is 0 Å². The van der Waals surface area contributed by atoms with Crippen molar-refractivity contribution in [1.29, 1.82) is 5.26 Å². The number of ether oxygens (including phenoxy) is 1. The fraction of sp³-hybridized carbons (Fsp3) is 0.562. The van der Waals surface area contributed by atoms with E-state index in [0.29, 0.717) is 25.0 Å². The summed E-state index contributed by atoms with van der Waals surface area (Å²) in [6.45, 7) is 2.89. The molecule has 0 spiro atoms. The molecule has 1 heterocycles. The van der Waals surface area contributed by atoms with Crippen molar-refractivity contribution in [2.45, 2.75) is 24.3 Å². The third-order valence-electron chi connectivity index (χ3n) is 4.29. The van der Waals surface area contributed by atoms with Crippen LogP contribution in [0.2, 0.25) is 0 Å². The van der Waals surface area contributed by atoms with Gasteiger partial charge in [0.1, 0.15) is 6.07 Å². The van der Waals surface area contributed by atoms with Crippen LogP contribution in [0, 0.1) is 11.3 Å². The molecule has 6 nitrogen and oxygen atoms in total. The van der Waals surface area contributed by atoms with Gasteiger partial charge in [0, 0.05) is 13.7 Å². The fourth-order valence-electron chi connectivity index (χ4n) is 2.93. The molecule has 0 aliphatic carbocycles. The van der Waals surface area contributed by atoms with Crippen molar-refractivity contribution in [3.63, 3.8) is 0 Å². The lowest BCUT2D eigenvalue weighted by atomic mass is 9.86. The van der Waals surface area contributed by atoms with Crippen LogP contribution in [-0.4, -0.2) is 52.2 Å². The molecular weight excluding hydrogens is 373 g/mol. The molecule has 0 amide bonds. The summed E-state index contributed by atoms with van der Waals surface area (Å²) in [6.07, 6.45) is 1.40. The molecular formula is C16H19F3N2O4S. The van der Waals surface area contributed by atoms with E-state index in [-0.39, 0.29) is 11.5 Å². The highest BCUT2D eigenvalue weighted by Gasteiger charge is 2.49. The molecule has 0 aromatic heterocycles. The van der Waals surface area contributed by atoms with Crippen LogP contribution in [0.3, 0.4) is 0 Å². The van der Waals surface area contributed by atoms with Gasteiger partial charge in [0.2, 0.25) is 0 Å². The van der Waals surface area contributed by atoms with Crippen LogP contribution < -0.4 is 4.18 Å². The van der Waals surface area contributed by atoms with Crippen LogP contribution in [0.15, 0.2) is 18.2 Å². The SMILES string of the molecule is COCCN1CCC(c2cccc(OS(=O)(=O)C(F)(F)F)c2C#N)CC1. The van der Waals surface area contributed by atoms with Gasteiger partial charge in [-0.3, -0.25) is 0 Å². The molecule has 0 radical (unpaired) electrons. The molecule has 1 aromatic carbocycles. The average molecular weight is 392 g/mol. The number of benzene rings is 1. The van der Waals surface area contributed by atoms with Crippen molar-refractivity contribution in [2.24, 2.45) is 0 Å². The third kappa shape index (κ3) is 4.66. The first-order valence-electron chi connectivity index (χ1n) is 7.94. The molecule has 2 rings (SSSR count). The number of alkyl halides is 3. The lowest BCUT2D eigenvalue weighted by molar-refractivity contribution is -0.0500. The van der Waals surface area contributed by atoms with Crippen LogP contribution in [0.4, 0.5) is 13.2 Å². The summed E-state index contributed by atoms with van der Waals surface area (Å²) < 4.78 is 69.3.